The number of carboxylic acid groups (broad SMARTS) is 1. The average Bonchev–Trinajstić information content (AvgIpc) is 2.18. The first kappa shape index (κ1) is 13.6. The van der Waals surface area contributed by atoms with Crippen molar-refractivity contribution in [3.63, 3.8) is 0 Å². The molecule has 0 aromatic carbocycles. The lowest BCUT2D eigenvalue weighted by molar-refractivity contribution is 0.124. The van der Waals surface area contributed by atoms with E-state index >= 15 is 0 Å². The highest BCUT2D eigenvalue weighted by Crippen LogP contribution is 2.15. The number of hydrogen-bond acceptors (Lipinski definition) is 4. The Morgan fingerprint density at radius 2 is 2.29 bits per heavy atom. The van der Waals surface area contributed by atoms with E-state index in [2.05, 4.69) is 14.7 Å². The number of likely N-dealkylation sites (tertiary alicyclic amines) is 1. The van der Waals surface area contributed by atoms with Gasteiger partial charge in [-0.15, -0.1) is 0 Å². The van der Waals surface area contributed by atoms with Gasteiger partial charge in [0.25, 0.3) is 0 Å². The summed E-state index contributed by atoms with van der Waals surface area (Å²) in [7, 11) is -3.48. The highest BCUT2D eigenvalue weighted by Gasteiger charge is 2.32. The van der Waals surface area contributed by atoms with Gasteiger partial charge in [0.15, 0.2) is 0 Å². The molecule has 0 aliphatic carbocycles. The van der Waals surface area contributed by atoms with Crippen molar-refractivity contribution >= 4 is 16.1 Å². The second kappa shape index (κ2) is 5.21. The third-order valence-electron chi connectivity index (χ3n) is 2.41. The summed E-state index contributed by atoms with van der Waals surface area (Å²) in [4.78, 5) is 14.5. The van der Waals surface area contributed by atoms with Crippen molar-refractivity contribution in [2.75, 3.05) is 19.3 Å². The van der Waals surface area contributed by atoms with Gasteiger partial charge in [0.05, 0.1) is 12.3 Å². The first-order valence-corrected chi connectivity index (χ1v) is 6.72. The molecule has 1 aliphatic rings. The molecule has 1 fully saturated rings. The minimum atomic E-state index is -3.48. The molecule has 0 aromatic heterocycles. The molecule has 2 N–H and O–H groups in total. The summed E-state index contributed by atoms with van der Waals surface area (Å²) in [6.07, 6.45) is 0.147. The Hall–Kier alpha value is -1.51. The maximum Gasteiger partial charge on any atom is 0.407 e. The lowest BCUT2D eigenvalue weighted by Crippen LogP contribution is -2.55. The summed E-state index contributed by atoms with van der Waals surface area (Å²) < 4.78 is 24.5. The molecule has 1 saturated heterocycles. The Morgan fingerprint density at radius 3 is 2.76 bits per heavy atom. The van der Waals surface area contributed by atoms with Gasteiger partial charge < -0.3 is 10.0 Å². The molecular weight excluding hydrogens is 250 g/mol. The maximum atomic E-state index is 11.1. The van der Waals surface area contributed by atoms with Gasteiger partial charge in [0, 0.05) is 24.0 Å². The molecule has 1 aliphatic heterocycles. The van der Waals surface area contributed by atoms with Crippen LogP contribution in [0.5, 0.6) is 0 Å². The van der Waals surface area contributed by atoms with E-state index < -0.39 is 28.2 Å². The zero-order valence-electron chi connectivity index (χ0n) is 9.15. The van der Waals surface area contributed by atoms with Crippen LogP contribution < -0.4 is 4.72 Å². The predicted octanol–water partition coefficient (Wildman–Crippen LogP) is -0.0332. The van der Waals surface area contributed by atoms with E-state index in [1.165, 1.54) is 0 Å². The first-order chi connectivity index (χ1) is 7.83. The molecule has 96 valence electrons. The molecule has 2 atom stereocenters. The largest absolute Gasteiger partial charge is 0.465 e. The van der Waals surface area contributed by atoms with Crippen LogP contribution in [-0.4, -0.2) is 55.9 Å². The zero-order chi connectivity index (χ0) is 13.1. The van der Waals surface area contributed by atoms with Crippen molar-refractivity contribution < 1.29 is 18.3 Å². The third-order valence-corrected chi connectivity index (χ3v) is 3.14. The van der Waals surface area contributed by atoms with E-state index in [-0.39, 0.29) is 13.1 Å². The van der Waals surface area contributed by atoms with Gasteiger partial charge in [0.2, 0.25) is 10.0 Å². The number of sulfonamides is 1. The maximum absolute atomic E-state index is 11.1. The summed E-state index contributed by atoms with van der Waals surface area (Å²) in [6.45, 7) is 0.201. The van der Waals surface area contributed by atoms with Crippen molar-refractivity contribution in [3.05, 3.63) is 10.4 Å². The van der Waals surface area contributed by atoms with Crippen LogP contribution in [0.2, 0.25) is 0 Å². The van der Waals surface area contributed by atoms with Gasteiger partial charge in [-0.05, 0) is 12.0 Å². The van der Waals surface area contributed by atoms with E-state index in [9.17, 15) is 13.2 Å². The Morgan fingerprint density at radius 1 is 1.65 bits per heavy atom. The monoisotopic (exact) mass is 263 g/mol. The quantitative estimate of drug-likeness (QED) is 0.419. The van der Waals surface area contributed by atoms with Crippen molar-refractivity contribution in [1.82, 2.24) is 9.62 Å². The van der Waals surface area contributed by atoms with Gasteiger partial charge >= 0.3 is 6.09 Å². The van der Waals surface area contributed by atoms with Crippen molar-refractivity contribution in [2.24, 2.45) is 5.11 Å². The smallest absolute Gasteiger partial charge is 0.407 e. The minimum Gasteiger partial charge on any atom is -0.465 e. The Labute approximate surface area is 98.1 Å². The van der Waals surface area contributed by atoms with Crippen LogP contribution in [0.25, 0.3) is 10.4 Å². The molecule has 1 amide bonds. The molecule has 10 heteroatoms. The predicted molar refractivity (Wildman–Crippen MR) is 58.9 cm³/mol. The Bertz CT molecular complexity index is 443. The molecule has 9 nitrogen and oxygen atoms in total. The van der Waals surface area contributed by atoms with Gasteiger partial charge in [-0.2, -0.15) is 0 Å². The van der Waals surface area contributed by atoms with Crippen LogP contribution in [0.15, 0.2) is 5.11 Å². The highest BCUT2D eigenvalue weighted by molar-refractivity contribution is 7.88. The van der Waals surface area contributed by atoms with Crippen molar-refractivity contribution in [1.29, 1.82) is 0 Å². The normalized spacial score (nSPS) is 25.1. The van der Waals surface area contributed by atoms with Crippen LogP contribution in [0.4, 0.5) is 4.79 Å². The van der Waals surface area contributed by atoms with Crippen molar-refractivity contribution in [2.45, 2.75) is 18.5 Å². The number of hydrogen-bond donors (Lipinski definition) is 2. The summed E-state index contributed by atoms with van der Waals surface area (Å²) >= 11 is 0. The number of nitrogens with one attached hydrogen (secondary N) is 1. The lowest BCUT2D eigenvalue weighted by Gasteiger charge is -2.34. The van der Waals surface area contributed by atoms with Crippen molar-refractivity contribution in [3.8, 4) is 0 Å². The molecule has 0 spiro atoms. The minimum absolute atomic E-state index is 0.0217. The Kier molecular flexibility index (Phi) is 4.16. The van der Waals surface area contributed by atoms with Crippen LogP contribution in [0.1, 0.15) is 6.42 Å². The molecule has 17 heavy (non-hydrogen) atoms. The molecule has 1 rings (SSSR count). The van der Waals surface area contributed by atoms with Crippen LogP contribution in [-0.2, 0) is 10.0 Å². The standard InChI is InChI=1S/C7H13N5O4S/c1-17(15,16)10-6-4-12(7(13)14)3-2-5(6)9-11-8/h5-6,10H,2-4H2,1H3,(H,13,14). The highest BCUT2D eigenvalue weighted by atomic mass is 32.2. The van der Waals surface area contributed by atoms with Gasteiger partial charge in [-0.3, -0.25) is 0 Å². The molecule has 0 radical (unpaired) electrons. The average molecular weight is 263 g/mol. The lowest BCUT2D eigenvalue weighted by atomic mass is 10.0. The second-order valence-corrected chi connectivity index (χ2v) is 5.57. The van der Waals surface area contributed by atoms with E-state index in [4.69, 9.17) is 10.6 Å². The number of carbonyl (C=O) groups is 1. The number of piperidine rings is 1. The van der Waals surface area contributed by atoms with E-state index in [1.54, 1.807) is 0 Å². The third kappa shape index (κ3) is 4.10. The van der Waals surface area contributed by atoms with E-state index in [1.807, 2.05) is 0 Å². The summed E-state index contributed by atoms with van der Waals surface area (Å²) in [5.74, 6) is 0. The fourth-order valence-electron chi connectivity index (χ4n) is 1.71. The van der Waals surface area contributed by atoms with Crippen LogP contribution in [0.3, 0.4) is 0 Å². The fraction of sp³-hybridized carbons (Fsp3) is 0.857. The number of azide groups is 1. The molecule has 0 bridgehead atoms. The number of rotatable bonds is 3. The molecule has 1 heterocycles. The fourth-order valence-corrected chi connectivity index (χ4v) is 2.49. The molecule has 2 unspecified atom stereocenters. The first-order valence-electron chi connectivity index (χ1n) is 4.83. The topological polar surface area (TPSA) is 135 Å². The summed E-state index contributed by atoms with van der Waals surface area (Å²) in [5, 5.41) is 12.3. The summed E-state index contributed by atoms with van der Waals surface area (Å²) in [5.41, 5.74) is 8.36. The van der Waals surface area contributed by atoms with Gasteiger partial charge in [0.1, 0.15) is 0 Å². The SMILES string of the molecule is CS(=O)(=O)NC1CN(C(=O)O)CCC1N=[N+]=[N-]. The van der Waals surface area contributed by atoms with Crippen LogP contribution >= 0.6 is 0 Å². The van der Waals surface area contributed by atoms with Crippen LogP contribution in [0, 0.1) is 0 Å². The molecule has 0 saturated carbocycles. The van der Waals surface area contributed by atoms with Gasteiger partial charge in [-0.25, -0.2) is 17.9 Å². The molecular formula is C7H13N5O4S. The second-order valence-electron chi connectivity index (χ2n) is 3.79. The summed E-state index contributed by atoms with van der Waals surface area (Å²) in [6, 6.07) is -1.28. The molecule has 0 aromatic rings. The zero-order valence-corrected chi connectivity index (χ0v) is 9.96. The van der Waals surface area contributed by atoms with E-state index in [0.717, 1.165) is 11.2 Å². The Balaban J connectivity index is 2.83. The van der Waals surface area contributed by atoms with E-state index in [0.29, 0.717) is 6.42 Å². The number of nitrogens with zero attached hydrogens (tertiary/aromatic N) is 4. The van der Waals surface area contributed by atoms with Gasteiger partial charge in [-0.1, -0.05) is 5.11 Å². The number of amides is 1.